The van der Waals surface area contributed by atoms with E-state index >= 15 is 0 Å². The molecule has 3 rings (SSSR count). The predicted molar refractivity (Wildman–Crippen MR) is 96.9 cm³/mol. The Kier molecular flexibility index (Phi) is 4.73. The van der Waals surface area contributed by atoms with Crippen molar-refractivity contribution < 1.29 is 4.79 Å². The summed E-state index contributed by atoms with van der Waals surface area (Å²) < 4.78 is 2.02. The summed E-state index contributed by atoms with van der Waals surface area (Å²) in [6, 6.07) is 7.06. The molecule has 0 aliphatic heterocycles. The minimum Gasteiger partial charge on any atom is -0.329 e. The van der Waals surface area contributed by atoms with E-state index in [1.807, 2.05) is 22.9 Å². The number of hydrogen-bond acceptors (Lipinski definition) is 3. The Morgan fingerprint density at radius 2 is 2.04 bits per heavy atom. The van der Waals surface area contributed by atoms with Crippen molar-refractivity contribution in [1.82, 2.24) is 14.5 Å². The van der Waals surface area contributed by atoms with Gasteiger partial charge in [-0.1, -0.05) is 30.1 Å². The molecular formula is C17H16Cl2N4O. The van der Waals surface area contributed by atoms with Crippen LogP contribution < -0.4 is 5.32 Å². The molecule has 0 radical (unpaired) electrons. The SMILES string of the molecule is CCC(C)n1cc(C(=O)Nc2cc(Cl)nc(Cl)c2)c2cccnc21. The number of nitrogens with zero attached hydrogens (tertiary/aromatic N) is 3. The standard InChI is InChI=1S/C17H16Cl2N4O/c1-3-10(2)23-9-13(12-5-4-6-20-16(12)23)17(24)21-11-7-14(18)22-15(19)8-11/h4-10H,3H2,1-2H3,(H,21,22,24). The minimum absolute atomic E-state index is 0.224. The predicted octanol–water partition coefficient (Wildman–Crippen LogP) is 4.96. The highest BCUT2D eigenvalue weighted by Crippen LogP contribution is 2.26. The Hall–Kier alpha value is -2.11. The highest BCUT2D eigenvalue weighted by atomic mass is 35.5. The first-order chi connectivity index (χ1) is 11.5. The van der Waals surface area contributed by atoms with E-state index < -0.39 is 0 Å². The van der Waals surface area contributed by atoms with Crippen LogP contribution in [-0.4, -0.2) is 20.4 Å². The van der Waals surface area contributed by atoms with E-state index in [-0.39, 0.29) is 22.3 Å². The van der Waals surface area contributed by atoms with Crippen LogP contribution in [0.5, 0.6) is 0 Å². The molecule has 0 fully saturated rings. The lowest BCUT2D eigenvalue weighted by molar-refractivity contribution is 0.102. The Balaban J connectivity index is 2.01. The first kappa shape index (κ1) is 16.7. The molecule has 0 aromatic carbocycles. The van der Waals surface area contributed by atoms with Crippen molar-refractivity contribution in [3.8, 4) is 0 Å². The van der Waals surface area contributed by atoms with Gasteiger partial charge in [-0.25, -0.2) is 9.97 Å². The van der Waals surface area contributed by atoms with Gasteiger partial charge in [0.05, 0.1) is 5.56 Å². The molecule has 1 amide bonds. The fourth-order valence-corrected chi connectivity index (χ4v) is 2.99. The van der Waals surface area contributed by atoms with Crippen LogP contribution in [0.3, 0.4) is 0 Å². The summed E-state index contributed by atoms with van der Waals surface area (Å²) in [5, 5.41) is 4.07. The van der Waals surface area contributed by atoms with Crippen molar-refractivity contribution in [3.63, 3.8) is 0 Å². The van der Waals surface area contributed by atoms with Gasteiger partial charge in [-0.05, 0) is 37.6 Å². The first-order valence-corrected chi connectivity index (χ1v) is 8.35. The average Bonchev–Trinajstić information content (AvgIpc) is 2.93. The number of carbonyl (C=O) groups is 1. The lowest BCUT2D eigenvalue weighted by Crippen LogP contribution is -2.12. The summed E-state index contributed by atoms with van der Waals surface area (Å²) in [5.74, 6) is -0.242. The van der Waals surface area contributed by atoms with Crippen molar-refractivity contribution in [2.45, 2.75) is 26.3 Å². The number of halogens is 2. The lowest BCUT2D eigenvalue weighted by atomic mass is 10.2. The van der Waals surface area contributed by atoms with E-state index in [1.165, 1.54) is 0 Å². The molecule has 124 valence electrons. The molecule has 0 saturated carbocycles. The number of rotatable bonds is 4. The van der Waals surface area contributed by atoms with Gasteiger partial charge in [0.1, 0.15) is 16.0 Å². The molecule has 3 aromatic rings. The normalized spacial score (nSPS) is 12.3. The molecule has 7 heteroatoms. The van der Waals surface area contributed by atoms with Gasteiger partial charge in [-0.3, -0.25) is 4.79 Å². The summed E-state index contributed by atoms with van der Waals surface area (Å²) >= 11 is 11.8. The maximum absolute atomic E-state index is 12.7. The molecule has 0 bridgehead atoms. The third-order valence-electron chi connectivity index (χ3n) is 3.92. The van der Waals surface area contributed by atoms with Crippen LogP contribution in [-0.2, 0) is 0 Å². The molecule has 0 saturated heterocycles. The van der Waals surface area contributed by atoms with Crippen molar-refractivity contribution >= 4 is 45.8 Å². The molecule has 1 atom stereocenters. The number of fused-ring (bicyclic) bond motifs is 1. The molecule has 0 aliphatic rings. The summed E-state index contributed by atoms with van der Waals surface area (Å²) in [6.07, 6.45) is 4.51. The number of hydrogen-bond donors (Lipinski definition) is 1. The van der Waals surface area contributed by atoms with Crippen LogP contribution in [0, 0.1) is 0 Å². The highest BCUT2D eigenvalue weighted by Gasteiger charge is 2.18. The van der Waals surface area contributed by atoms with Gasteiger partial charge in [0.2, 0.25) is 0 Å². The van der Waals surface area contributed by atoms with Crippen molar-refractivity contribution in [2.75, 3.05) is 5.32 Å². The van der Waals surface area contributed by atoms with Gasteiger partial charge < -0.3 is 9.88 Å². The highest BCUT2D eigenvalue weighted by molar-refractivity contribution is 6.33. The number of aromatic nitrogens is 3. The van der Waals surface area contributed by atoms with Crippen LogP contribution in [0.2, 0.25) is 10.3 Å². The molecule has 0 aliphatic carbocycles. The number of amides is 1. The van der Waals surface area contributed by atoms with Gasteiger partial charge >= 0.3 is 0 Å². The number of nitrogens with one attached hydrogen (secondary N) is 1. The monoisotopic (exact) mass is 362 g/mol. The van der Waals surface area contributed by atoms with Crippen molar-refractivity contribution in [1.29, 1.82) is 0 Å². The van der Waals surface area contributed by atoms with E-state index in [2.05, 4.69) is 29.1 Å². The third-order valence-corrected chi connectivity index (χ3v) is 4.31. The maximum atomic E-state index is 12.7. The molecule has 1 N–H and O–H groups in total. The Morgan fingerprint density at radius 3 is 2.71 bits per heavy atom. The van der Waals surface area contributed by atoms with Gasteiger partial charge in [-0.2, -0.15) is 0 Å². The van der Waals surface area contributed by atoms with Crippen LogP contribution in [0.15, 0.2) is 36.7 Å². The fraction of sp³-hybridized carbons (Fsp3) is 0.235. The van der Waals surface area contributed by atoms with Crippen molar-refractivity contribution in [2.24, 2.45) is 0 Å². The second-order valence-electron chi connectivity index (χ2n) is 5.54. The molecule has 3 aromatic heterocycles. The number of anilines is 1. The molecular weight excluding hydrogens is 347 g/mol. The average molecular weight is 363 g/mol. The zero-order valence-corrected chi connectivity index (χ0v) is 14.8. The van der Waals surface area contributed by atoms with Gasteiger partial charge in [0.15, 0.2) is 0 Å². The van der Waals surface area contributed by atoms with E-state index in [0.717, 1.165) is 17.5 Å². The van der Waals surface area contributed by atoms with Crippen LogP contribution in [0.25, 0.3) is 11.0 Å². The fourth-order valence-electron chi connectivity index (χ4n) is 2.53. The summed E-state index contributed by atoms with van der Waals surface area (Å²) in [6.45, 7) is 4.19. The number of pyridine rings is 2. The van der Waals surface area contributed by atoms with Gasteiger partial charge in [0.25, 0.3) is 5.91 Å². The molecule has 24 heavy (non-hydrogen) atoms. The van der Waals surface area contributed by atoms with Crippen molar-refractivity contribution in [3.05, 3.63) is 52.5 Å². The molecule has 0 spiro atoms. The van der Waals surface area contributed by atoms with E-state index in [4.69, 9.17) is 23.2 Å². The van der Waals surface area contributed by atoms with Crippen LogP contribution in [0.4, 0.5) is 5.69 Å². The molecule has 5 nitrogen and oxygen atoms in total. The second kappa shape index (κ2) is 6.79. The number of carbonyl (C=O) groups excluding carboxylic acids is 1. The minimum atomic E-state index is -0.242. The topological polar surface area (TPSA) is 59.8 Å². The summed E-state index contributed by atoms with van der Waals surface area (Å²) in [7, 11) is 0. The van der Waals surface area contributed by atoms with E-state index in [1.54, 1.807) is 18.3 Å². The summed E-state index contributed by atoms with van der Waals surface area (Å²) in [5.41, 5.74) is 1.85. The van der Waals surface area contributed by atoms with Gasteiger partial charge in [-0.15, -0.1) is 0 Å². The lowest BCUT2D eigenvalue weighted by Gasteiger charge is -2.11. The first-order valence-electron chi connectivity index (χ1n) is 7.59. The third kappa shape index (κ3) is 3.23. The smallest absolute Gasteiger partial charge is 0.257 e. The molecule has 3 heterocycles. The van der Waals surface area contributed by atoms with Crippen LogP contribution in [0.1, 0.15) is 36.7 Å². The van der Waals surface area contributed by atoms with E-state index in [0.29, 0.717) is 11.3 Å². The zero-order chi connectivity index (χ0) is 17.3. The zero-order valence-electron chi connectivity index (χ0n) is 13.3. The molecule has 1 unspecified atom stereocenters. The van der Waals surface area contributed by atoms with Gasteiger partial charge in [0, 0.05) is 29.5 Å². The Labute approximate surface area is 149 Å². The largest absolute Gasteiger partial charge is 0.329 e. The van der Waals surface area contributed by atoms with Crippen LogP contribution >= 0.6 is 23.2 Å². The quantitative estimate of drug-likeness (QED) is 0.667. The Morgan fingerprint density at radius 1 is 1.33 bits per heavy atom. The summed E-state index contributed by atoms with van der Waals surface area (Å²) in [4.78, 5) is 21.0. The Bertz CT molecular complexity index is 886. The maximum Gasteiger partial charge on any atom is 0.257 e. The van der Waals surface area contributed by atoms with E-state index in [9.17, 15) is 4.79 Å². The second-order valence-corrected chi connectivity index (χ2v) is 6.31.